The Kier molecular flexibility index (Phi) is 7.22. The van der Waals surface area contributed by atoms with Crippen LogP contribution in [0.5, 0.6) is 0 Å². The van der Waals surface area contributed by atoms with Crippen molar-refractivity contribution in [2.75, 3.05) is 18.5 Å². The quantitative estimate of drug-likeness (QED) is 0.690. The van der Waals surface area contributed by atoms with E-state index >= 15 is 0 Å². The molecule has 0 aliphatic heterocycles. The molecule has 0 spiro atoms. The Labute approximate surface area is 126 Å². The first-order valence-electron chi connectivity index (χ1n) is 7.62. The summed E-state index contributed by atoms with van der Waals surface area (Å²) in [6.07, 6.45) is 5.15. The summed E-state index contributed by atoms with van der Waals surface area (Å²) in [5, 5.41) is 18.9. The van der Waals surface area contributed by atoms with Crippen LogP contribution >= 0.6 is 0 Å². The smallest absolute Gasteiger partial charge is 0.319 e. The lowest BCUT2D eigenvalue weighted by atomic mass is 9.94. The number of carbonyl (C=O) groups excluding carboxylic acids is 1. The molecule has 3 N–H and O–H groups in total. The van der Waals surface area contributed by atoms with Gasteiger partial charge in [-0.3, -0.25) is 4.68 Å². The first-order valence-corrected chi connectivity index (χ1v) is 7.62. The van der Waals surface area contributed by atoms with E-state index in [9.17, 15) is 4.79 Å². The Morgan fingerprint density at radius 3 is 2.62 bits per heavy atom. The molecule has 1 heterocycles. The third-order valence-electron chi connectivity index (χ3n) is 3.28. The summed E-state index contributed by atoms with van der Waals surface area (Å²) in [7, 11) is 0. The second-order valence-electron chi connectivity index (χ2n) is 6.15. The standard InChI is InChI=1S/C15H28N4O2/c1-11(2)7-13(5-6-20)8-16-15(21)18-14-9-17-19(10-14)12(3)4/h9-13,20H,5-8H2,1-4H3,(H2,16,18,21). The van der Waals surface area contributed by atoms with Gasteiger partial charge >= 0.3 is 6.03 Å². The number of hydrogen-bond donors (Lipinski definition) is 3. The van der Waals surface area contributed by atoms with E-state index in [-0.39, 0.29) is 18.7 Å². The normalized spacial score (nSPS) is 12.7. The molecule has 21 heavy (non-hydrogen) atoms. The predicted octanol–water partition coefficient (Wildman–Crippen LogP) is 2.63. The van der Waals surface area contributed by atoms with E-state index in [1.165, 1.54) is 0 Å². The molecule has 0 saturated heterocycles. The second-order valence-corrected chi connectivity index (χ2v) is 6.15. The largest absolute Gasteiger partial charge is 0.396 e. The minimum atomic E-state index is -0.231. The van der Waals surface area contributed by atoms with E-state index in [0.29, 0.717) is 30.5 Å². The van der Waals surface area contributed by atoms with Crippen LogP contribution in [0.3, 0.4) is 0 Å². The maximum atomic E-state index is 11.9. The predicted molar refractivity (Wildman–Crippen MR) is 84.3 cm³/mol. The first kappa shape index (κ1) is 17.5. The molecule has 1 aromatic rings. The van der Waals surface area contributed by atoms with Crippen LogP contribution in [0.4, 0.5) is 10.5 Å². The summed E-state index contributed by atoms with van der Waals surface area (Å²) in [5.41, 5.74) is 0.684. The lowest BCUT2D eigenvalue weighted by Crippen LogP contribution is -2.33. The highest BCUT2D eigenvalue weighted by molar-refractivity contribution is 5.88. The number of aromatic nitrogens is 2. The molecule has 0 radical (unpaired) electrons. The summed E-state index contributed by atoms with van der Waals surface area (Å²) in [4.78, 5) is 11.9. The molecule has 2 amide bonds. The molecule has 0 aliphatic rings. The molecule has 1 rings (SSSR count). The Morgan fingerprint density at radius 1 is 1.38 bits per heavy atom. The van der Waals surface area contributed by atoms with Gasteiger partial charge in [-0.25, -0.2) is 4.79 Å². The highest BCUT2D eigenvalue weighted by Crippen LogP contribution is 2.14. The first-order chi connectivity index (χ1) is 9.92. The number of aliphatic hydroxyl groups is 1. The third-order valence-corrected chi connectivity index (χ3v) is 3.28. The van der Waals surface area contributed by atoms with Gasteiger partial charge in [-0.1, -0.05) is 13.8 Å². The molecule has 6 heteroatoms. The van der Waals surface area contributed by atoms with E-state index in [0.717, 1.165) is 6.42 Å². The molecule has 1 atom stereocenters. The monoisotopic (exact) mass is 296 g/mol. The van der Waals surface area contributed by atoms with Gasteiger partial charge in [0.2, 0.25) is 0 Å². The molecule has 1 unspecified atom stereocenters. The van der Waals surface area contributed by atoms with Crippen molar-refractivity contribution in [2.24, 2.45) is 11.8 Å². The van der Waals surface area contributed by atoms with Crippen molar-refractivity contribution in [2.45, 2.75) is 46.6 Å². The van der Waals surface area contributed by atoms with Crippen LogP contribution in [0.2, 0.25) is 0 Å². The Morgan fingerprint density at radius 2 is 2.10 bits per heavy atom. The zero-order valence-corrected chi connectivity index (χ0v) is 13.5. The molecule has 6 nitrogen and oxygen atoms in total. The van der Waals surface area contributed by atoms with Gasteiger partial charge in [0.1, 0.15) is 0 Å². The van der Waals surface area contributed by atoms with Crippen LogP contribution in [-0.2, 0) is 0 Å². The Balaban J connectivity index is 2.41. The highest BCUT2D eigenvalue weighted by Gasteiger charge is 2.12. The van der Waals surface area contributed by atoms with Crippen molar-refractivity contribution in [1.29, 1.82) is 0 Å². The highest BCUT2D eigenvalue weighted by atomic mass is 16.3. The number of rotatable bonds is 8. The number of hydrogen-bond acceptors (Lipinski definition) is 3. The number of anilines is 1. The SMILES string of the molecule is CC(C)CC(CCO)CNC(=O)Nc1cnn(C(C)C)c1. The molecule has 0 aromatic carbocycles. The Hall–Kier alpha value is -1.56. The maximum Gasteiger partial charge on any atom is 0.319 e. The average molecular weight is 296 g/mol. The fourth-order valence-electron chi connectivity index (χ4n) is 2.25. The summed E-state index contributed by atoms with van der Waals surface area (Å²) in [6, 6.07) is 0.0357. The number of amides is 2. The third kappa shape index (κ3) is 6.62. The van der Waals surface area contributed by atoms with Crippen molar-refractivity contribution in [3.63, 3.8) is 0 Å². The molecule has 120 valence electrons. The van der Waals surface area contributed by atoms with Crippen LogP contribution in [0.25, 0.3) is 0 Å². The molecular weight excluding hydrogens is 268 g/mol. The van der Waals surface area contributed by atoms with Crippen LogP contribution in [0.1, 0.15) is 46.6 Å². The van der Waals surface area contributed by atoms with Gasteiger partial charge in [-0.2, -0.15) is 5.10 Å². The van der Waals surface area contributed by atoms with Crippen molar-refractivity contribution < 1.29 is 9.90 Å². The van der Waals surface area contributed by atoms with Crippen molar-refractivity contribution in [3.05, 3.63) is 12.4 Å². The fourth-order valence-corrected chi connectivity index (χ4v) is 2.25. The number of carbonyl (C=O) groups is 1. The number of nitrogens with one attached hydrogen (secondary N) is 2. The van der Waals surface area contributed by atoms with Crippen LogP contribution in [-0.4, -0.2) is 34.1 Å². The zero-order valence-electron chi connectivity index (χ0n) is 13.5. The summed E-state index contributed by atoms with van der Waals surface area (Å²) < 4.78 is 1.79. The van der Waals surface area contributed by atoms with Gasteiger partial charge in [0, 0.05) is 25.4 Å². The van der Waals surface area contributed by atoms with E-state index in [1.54, 1.807) is 10.9 Å². The number of urea groups is 1. The topological polar surface area (TPSA) is 79.2 Å². The molecular formula is C15H28N4O2. The molecule has 0 fully saturated rings. The summed E-state index contributed by atoms with van der Waals surface area (Å²) >= 11 is 0. The zero-order chi connectivity index (χ0) is 15.8. The fraction of sp³-hybridized carbons (Fsp3) is 0.733. The van der Waals surface area contributed by atoms with E-state index in [2.05, 4.69) is 29.6 Å². The van der Waals surface area contributed by atoms with Crippen molar-refractivity contribution in [1.82, 2.24) is 15.1 Å². The number of aliphatic hydroxyl groups excluding tert-OH is 1. The van der Waals surface area contributed by atoms with E-state index in [4.69, 9.17) is 5.11 Å². The van der Waals surface area contributed by atoms with Gasteiger partial charge in [0.25, 0.3) is 0 Å². The minimum absolute atomic E-state index is 0.155. The summed E-state index contributed by atoms with van der Waals surface area (Å²) in [5.74, 6) is 0.856. The molecule has 0 aliphatic carbocycles. The Bertz CT molecular complexity index is 429. The number of nitrogens with zero attached hydrogens (tertiary/aromatic N) is 2. The average Bonchev–Trinajstić information content (AvgIpc) is 2.84. The molecule has 0 bridgehead atoms. The van der Waals surface area contributed by atoms with E-state index in [1.807, 2.05) is 20.0 Å². The van der Waals surface area contributed by atoms with Crippen LogP contribution in [0, 0.1) is 11.8 Å². The van der Waals surface area contributed by atoms with Gasteiger partial charge < -0.3 is 15.7 Å². The van der Waals surface area contributed by atoms with Crippen LogP contribution < -0.4 is 10.6 Å². The van der Waals surface area contributed by atoms with Gasteiger partial charge in [0.15, 0.2) is 0 Å². The van der Waals surface area contributed by atoms with Crippen molar-refractivity contribution >= 4 is 11.7 Å². The van der Waals surface area contributed by atoms with Gasteiger partial charge in [-0.15, -0.1) is 0 Å². The minimum Gasteiger partial charge on any atom is -0.396 e. The lowest BCUT2D eigenvalue weighted by Gasteiger charge is -2.18. The van der Waals surface area contributed by atoms with Crippen molar-refractivity contribution in [3.8, 4) is 0 Å². The molecule has 0 saturated carbocycles. The van der Waals surface area contributed by atoms with Gasteiger partial charge in [0.05, 0.1) is 11.9 Å². The second kappa shape index (κ2) is 8.67. The van der Waals surface area contributed by atoms with E-state index < -0.39 is 0 Å². The van der Waals surface area contributed by atoms with Crippen LogP contribution in [0.15, 0.2) is 12.4 Å². The summed E-state index contributed by atoms with van der Waals surface area (Å²) in [6.45, 7) is 9.07. The lowest BCUT2D eigenvalue weighted by molar-refractivity contribution is 0.231. The molecule has 1 aromatic heterocycles. The van der Waals surface area contributed by atoms with Gasteiger partial charge in [-0.05, 0) is 38.5 Å². The maximum absolute atomic E-state index is 11.9.